The van der Waals surface area contributed by atoms with E-state index in [1.807, 2.05) is 42.6 Å². The molecule has 118 valence electrons. The molecule has 0 aliphatic carbocycles. The van der Waals surface area contributed by atoms with Gasteiger partial charge in [-0.15, -0.1) is 0 Å². The molecule has 1 aromatic rings. The molecule has 21 heavy (non-hydrogen) atoms. The number of nitrogens with two attached hydrogens (primary N) is 1. The van der Waals surface area contributed by atoms with Crippen molar-refractivity contribution in [1.82, 2.24) is 4.72 Å². The van der Waals surface area contributed by atoms with Crippen molar-refractivity contribution in [2.45, 2.75) is 30.0 Å². The molecular formula is C14H22N2O2S3. The summed E-state index contributed by atoms with van der Waals surface area (Å²) in [7, 11) is -3.46. The van der Waals surface area contributed by atoms with Crippen molar-refractivity contribution in [2.75, 3.05) is 23.8 Å². The highest BCUT2D eigenvalue weighted by molar-refractivity contribution is 8.06. The molecule has 1 saturated heterocycles. The topological polar surface area (TPSA) is 72.2 Å². The molecule has 1 aliphatic rings. The minimum absolute atomic E-state index is 0.349. The maximum atomic E-state index is 12.6. The van der Waals surface area contributed by atoms with Gasteiger partial charge in [-0.1, -0.05) is 19.1 Å². The second-order valence-corrected chi connectivity index (χ2v) is 9.21. The van der Waals surface area contributed by atoms with Crippen molar-refractivity contribution in [2.24, 2.45) is 5.73 Å². The van der Waals surface area contributed by atoms with Gasteiger partial charge in [0.25, 0.3) is 0 Å². The Bertz CT molecular complexity index is 570. The van der Waals surface area contributed by atoms with E-state index in [9.17, 15) is 8.42 Å². The van der Waals surface area contributed by atoms with Crippen LogP contribution in [0.1, 0.15) is 18.1 Å². The van der Waals surface area contributed by atoms with Crippen molar-refractivity contribution in [3.8, 4) is 0 Å². The molecule has 1 aromatic carbocycles. The van der Waals surface area contributed by atoms with Crippen LogP contribution in [0.4, 0.5) is 0 Å². The third-order valence-corrected chi connectivity index (χ3v) is 7.77. The fourth-order valence-corrected chi connectivity index (χ4v) is 6.36. The van der Waals surface area contributed by atoms with Gasteiger partial charge < -0.3 is 5.73 Å². The Kier molecular flexibility index (Phi) is 6.43. The molecule has 0 saturated carbocycles. The number of thioether (sulfide) groups is 2. The van der Waals surface area contributed by atoms with E-state index in [4.69, 9.17) is 5.73 Å². The summed E-state index contributed by atoms with van der Waals surface area (Å²) in [5.41, 5.74) is 7.30. The Hall–Kier alpha value is -0.210. The highest BCUT2D eigenvalue weighted by Gasteiger charge is 2.21. The number of nitrogens with one attached hydrogen (secondary N) is 1. The maximum absolute atomic E-state index is 12.6. The fraction of sp³-hybridized carbons (Fsp3) is 0.571. The third kappa shape index (κ3) is 4.63. The number of rotatable bonds is 6. The van der Waals surface area contributed by atoms with Crippen LogP contribution in [0, 0.1) is 0 Å². The lowest BCUT2D eigenvalue weighted by Gasteiger charge is -2.21. The van der Waals surface area contributed by atoms with Gasteiger partial charge in [-0.3, -0.25) is 0 Å². The molecule has 7 heteroatoms. The molecule has 1 fully saturated rings. The van der Waals surface area contributed by atoms with Gasteiger partial charge in [-0.25, -0.2) is 13.1 Å². The van der Waals surface area contributed by atoms with E-state index in [-0.39, 0.29) is 0 Å². The molecule has 1 unspecified atom stereocenters. The van der Waals surface area contributed by atoms with Gasteiger partial charge in [0.05, 0.1) is 4.90 Å². The summed E-state index contributed by atoms with van der Waals surface area (Å²) in [5, 5.41) is 0.362. The highest BCUT2D eigenvalue weighted by atomic mass is 32.2. The molecule has 0 amide bonds. The summed E-state index contributed by atoms with van der Waals surface area (Å²) < 4.78 is 27.9. The number of aryl methyl sites for hydroxylation is 1. The first-order chi connectivity index (χ1) is 10.1. The summed E-state index contributed by atoms with van der Waals surface area (Å²) in [6.07, 6.45) is 0.690. The van der Waals surface area contributed by atoms with Crippen LogP contribution in [0.3, 0.4) is 0 Å². The zero-order valence-corrected chi connectivity index (χ0v) is 14.6. The van der Waals surface area contributed by atoms with Crippen molar-refractivity contribution < 1.29 is 8.42 Å². The van der Waals surface area contributed by atoms with E-state index in [2.05, 4.69) is 4.72 Å². The fourth-order valence-electron chi connectivity index (χ4n) is 2.20. The van der Waals surface area contributed by atoms with Gasteiger partial charge in [-0.2, -0.15) is 23.5 Å². The predicted octanol–water partition coefficient (Wildman–Crippen LogP) is 1.83. The smallest absolute Gasteiger partial charge is 0.240 e. The van der Waals surface area contributed by atoms with Crippen molar-refractivity contribution >= 4 is 33.5 Å². The Balaban J connectivity index is 2.14. The lowest BCUT2D eigenvalue weighted by molar-refractivity contribution is 0.580. The molecular weight excluding hydrogens is 324 g/mol. The normalized spacial score (nSPS) is 19.6. The monoisotopic (exact) mass is 346 g/mol. The average Bonchev–Trinajstić information content (AvgIpc) is 2.53. The van der Waals surface area contributed by atoms with E-state index >= 15 is 0 Å². The molecule has 0 radical (unpaired) electrons. The third-order valence-electron chi connectivity index (χ3n) is 3.42. The van der Waals surface area contributed by atoms with Gasteiger partial charge in [0.1, 0.15) is 0 Å². The second-order valence-electron chi connectivity index (χ2n) is 4.92. The Morgan fingerprint density at radius 1 is 1.38 bits per heavy atom. The maximum Gasteiger partial charge on any atom is 0.240 e. The van der Waals surface area contributed by atoms with Gasteiger partial charge in [0.15, 0.2) is 0 Å². The highest BCUT2D eigenvalue weighted by Crippen LogP contribution is 2.24. The van der Waals surface area contributed by atoms with Crippen LogP contribution < -0.4 is 10.5 Å². The summed E-state index contributed by atoms with van der Waals surface area (Å²) in [6.45, 7) is 2.81. The first-order valence-electron chi connectivity index (χ1n) is 7.07. The quantitative estimate of drug-likeness (QED) is 0.822. The number of hydrogen-bond acceptors (Lipinski definition) is 5. The lowest BCUT2D eigenvalue weighted by atomic mass is 10.1. The van der Waals surface area contributed by atoms with Gasteiger partial charge in [0.2, 0.25) is 10.0 Å². The Morgan fingerprint density at radius 3 is 2.81 bits per heavy atom. The summed E-state index contributed by atoms with van der Waals surface area (Å²) in [4.78, 5) is 0.376. The number of sulfonamides is 1. The zero-order chi connectivity index (χ0) is 15.3. The first kappa shape index (κ1) is 17.1. The Labute approximate surface area is 135 Å². The van der Waals surface area contributed by atoms with Crippen LogP contribution >= 0.6 is 23.5 Å². The number of hydrogen-bond donors (Lipinski definition) is 2. The molecule has 1 heterocycles. The van der Waals surface area contributed by atoms with E-state index < -0.39 is 10.0 Å². The van der Waals surface area contributed by atoms with Crippen LogP contribution in [0.5, 0.6) is 0 Å². The second kappa shape index (κ2) is 7.87. The first-order valence-corrected chi connectivity index (χ1v) is 10.8. The minimum atomic E-state index is -3.46. The van der Waals surface area contributed by atoms with Crippen LogP contribution in [0.25, 0.3) is 0 Å². The van der Waals surface area contributed by atoms with Gasteiger partial charge >= 0.3 is 0 Å². The predicted molar refractivity (Wildman–Crippen MR) is 92.5 cm³/mol. The Morgan fingerprint density at radius 2 is 2.19 bits per heavy atom. The standard InChI is InChI=1S/C14H22N2O2S3/c1-2-12-4-3-11(8-15)7-14(12)21(17,18)16-9-13-10-19-5-6-20-13/h3-4,7,13,16H,2,5-6,8-10,15H2,1H3. The van der Waals surface area contributed by atoms with Crippen molar-refractivity contribution in [1.29, 1.82) is 0 Å². The van der Waals surface area contributed by atoms with Crippen LogP contribution in [0.15, 0.2) is 23.1 Å². The molecule has 4 nitrogen and oxygen atoms in total. The van der Waals surface area contributed by atoms with Crippen LogP contribution in [-0.2, 0) is 23.0 Å². The van der Waals surface area contributed by atoms with E-state index in [1.54, 1.807) is 6.07 Å². The molecule has 0 aromatic heterocycles. The van der Waals surface area contributed by atoms with E-state index in [0.717, 1.165) is 28.4 Å². The van der Waals surface area contributed by atoms with Crippen molar-refractivity contribution in [3.05, 3.63) is 29.3 Å². The molecule has 2 rings (SSSR count). The average molecular weight is 347 g/mol. The van der Waals surface area contributed by atoms with Crippen LogP contribution in [-0.4, -0.2) is 37.5 Å². The largest absolute Gasteiger partial charge is 0.326 e. The molecule has 1 atom stereocenters. The van der Waals surface area contributed by atoms with E-state index in [0.29, 0.717) is 29.7 Å². The summed E-state index contributed by atoms with van der Waals surface area (Å²) >= 11 is 3.74. The molecule has 0 spiro atoms. The van der Waals surface area contributed by atoms with E-state index in [1.165, 1.54) is 0 Å². The summed E-state index contributed by atoms with van der Waals surface area (Å²) in [5.74, 6) is 3.27. The molecule has 1 aliphatic heterocycles. The minimum Gasteiger partial charge on any atom is -0.326 e. The van der Waals surface area contributed by atoms with Crippen molar-refractivity contribution in [3.63, 3.8) is 0 Å². The van der Waals surface area contributed by atoms with Crippen LogP contribution in [0.2, 0.25) is 0 Å². The lowest BCUT2D eigenvalue weighted by Crippen LogP contribution is -2.34. The van der Waals surface area contributed by atoms with Gasteiger partial charge in [0, 0.05) is 35.6 Å². The zero-order valence-electron chi connectivity index (χ0n) is 12.2. The molecule has 3 N–H and O–H groups in total. The van der Waals surface area contributed by atoms with Gasteiger partial charge in [-0.05, 0) is 23.6 Å². The molecule has 0 bridgehead atoms. The SMILES string of the molecule is CCc1ccc(CN)cc1S(=O)(=O)NCC1CSCCS1. The summed E-state index contributed by atoms with van der Waals surface area (Å²) in [6, 6.07) is 5.46. The number of benzene rings is 1.